The Morgan fingerprint density at radius 1 is 1.41 bits per heavy atom. The molecular formula is C14H22N2O. The summed E-state index contributed by atoms with van der Waals surface area (Å²) in [5.41, 5.74) is 9.48. The molecule has 1 heterocycles. The van der Waals surface area contributed by atoms with Crippen molar-refractivity contribution in [3.05, 3.63) is 23.8 Å². The first-order valence-corrected chi connectivity index (χ1v) is 6.21. The fraction of sp³-hybridized carbons (Fsp3) is 0.571. The molecule has 0 saturated carbocycles. The molecule has 0 unspecified atom stereocenters. The number of nitrogens with two attached hydrogens (primary N) is 1. The fourth-order valence-electron chi connectivity index (χ4n) is 2.27. The first kappa shape index (κ1) is 12.2. The van der Waals surface area contributed by atoms with Crippen LogP contribution in [0.4, 0.5) is 11.4 Å². The smallest absolute Gasteiger partial charge is 0.0639 e. The lowest BCUT2D eigenvalue weighted by Crippen LogP contribution is -2.31. The highest BCUT2D eigenvalue weighted by atomic mass is 16.5. The van der Waals surface area contributed by atoms with Gasteiger partial charge in [-0.05, 0) is 38.8 Å². The van der Waals surface area contributed by atoms with E-state index in [2.05, 4.69) is 24.8 Å². The van der Waals surface area contributed by atoms with E-state index in [4.69, 9.17) is 10.5 Å². The molecule has 0 saturated heterocycles. The minimum absolute atomic E-state index is 0.0525. The lowest BCUT2D eigenvalue weighted by molar-refractivity contribution is 0.0173. The number of rotatable bonds is 4. The number of methoxy groups -OCH3 is 1. The van der Waals surface area contributed by atoms with Crippen molar-refractivity contribution in [3.8, 4) is 0 Å². The van der Waals surface area contributed by atoms with Gasteiger partial charge in [-0.15, -0.1) is 0 Å². The second-order valence-electron chi connectivity index (χ2n) is 5.30. The van der Waals surface area contributed by atoms with Crippen molar-refractivity contribution in [2.75, 3.05) is 30.8 Å². The molecule has 2 rings (SSSR count). The zero-order valence-corrected chi connectivity index (χ0v) is 11.0. The van der Waals surface area contributed by atoms with Crippen molar-refractivity contribution >= 4 is 11.4 Å². The number of anilines is 2. The Bertz CT molecular complexity index is 401. The highest BCUT2D eigenvalue weighted by Gasteiger charge is 2.23. The standard InChI is InChI=1S/C14H22N2O/c1-14(2,17-3)8-10-16-9-7-11-12(15)5-4-6-13(11)16/h4-6H,7-10,15H2,1-3H3. The molecule has 1 aliphatic rings. The lowest BCUT2D eigenvalue weighted by atomic mass is 10.0. The number of hydrogen-bond acceptors (Lipinski definition) is 3. The second-order valence-corrected chi connectivity index (χ2v) is 5.30. The number of benzene rings is 1. The zero-order chi connectivity index (χ0) is 12.5. The Morgan fingerprint density at radius 2 is 2.18 bits per heavy atom. The van der Waals surface area contributed by atoms with Crippen LogP contribution in [-0.2, 0) is 11.2 Å². The van der Waals surface area contributed by atoms with E-state index in [-0.39, 0.29) is 5.60 Å². The van der Waals surface area contributed by atoms with E-state index >= 15 is 0 Å². The Balaban J connectivity index is 2.05. The Morgan fingerprint density at radius 3 is 2.88 bits per heavy atom. The van der Waals surface area contributed by atoms with Crippen molar-refractivity contribution < 1.29 is 4.74 Å². The minimum Gasteiger partial charge on any atom is -0.398 e. The van der Waals surface area contributed by atoms with Crippen molar-refractivity contribution in [3.63, 3.8) is 0 Å². The summed E-state index contributed by atoms with van der Waals surface area (Å²) in [6.07, 6.45) is 2.09. The van der Waals surface area contributed by atoms with Gasteiger partial charge in [0, 0.05) is 37.1 Å². The van der Waals surface area contributed by atoms with E-state index in [1.165, 1.54) is 11.3 Å². The number of ether oxygens (including phenoxy) is 1. The fourth-order valence-corrected chi connectivity index (χ4v) is 2.27. The van der Waals surface area contributed by atoms with Crippen molar-refractivity contribution in [2.45, 2.75) is 32.3 Å². The van der Waals surface area contributed by atoms with Gasteiger partial charge in [-0.2, -0.15) is 0 Å². The number of nitrogen functional groups attached to an aromatic ring is 1. The summed E-state index contributed by atoms with van der Waals surface area (Å²) in [4.78, 5) is 2.41. The molecule has 3 heteroatoms. The molecule has 0 aliphatic carbocycles. The van der Waals surface area contributed by atoms with Gasteiger partial charge in [0.2, 0.25) is 0 Å². The number of hydrogen-bond donors (Lipinski definition) is 1. The highest BCUT2D eigenvalue weighted by molar-refractivity contribution is 5.68. The van der Waals surface area contributed by atoms with Gasteiger partial charge in [0.15, 0.2) is 0 Å². The third kappa shape index (κ3) is 2.55. The maximum atomic E-state index is 5.99. The Labute approximate surface area is 104 Å². The summed E-state index contributed by atoms with van der Waals surface area (Å²) in [5.74, 6) is 0. The molecule has 2 N–H and O–H groups in total. The largest absolute Gasteiger partial charge is 0.398 e. The summed E-state index contributed by atoms with van der Waals surface area (Å²) in [6.45, 7) is 6.35. The first-order valence-electron chi connectivity index (χ1n) is 6.21. The van der Waals surface area contributed by atoms with Gasteiger partial charge in [0.1, 0.15) is 0 Å². The first-order chi connectivity index (χ1) is 8.03. The van der Waals surface area contributed by atoms with Gasteiger partial charge in [-0.3, -0.25) is 0 Å². The molecule has 0 spiro atoms. The molecule has 1 aromatic rings. The van der Waals surface area contributed by atoms with Crippen LogP contribution in [0.3, 0.4) is 0 Å². The molecule has 0 bridgehead atoms. The van der Waals surface area contributed by atoms with E-state index in [0.717, 1.165) is 31.6 Å². The molecule has 0 amide bonds. The molecular weight excluding hydrogens is 212 g/mol. The van der Waals surface area contributed by atoms with E-state index in [9.17, 15) is 0 Å². The normalized spacial score (nSPS) is 15.1. The average Bonchev–Trinajstić information content (AvgIpc) is 2.71. The van der Waals surface area contributed by atoms with Gasteiger partial charge >= 0.3 is 0 Å². The maximum absolute atomic E-state index is 5.99. The van der Waals surface area contributed by atoms with Crippen LogP contribution in [-0.4, -0.2) is 25.8 Å². The molecule has 94 valence electrons. The van der Waals surface area contributed by atoms with E-state index in [0.29, 0.717) is 0 Å². The third-order valence-electron chi connectivity index (χ3n) is 3.70. The SMILES string of the molecule is COC(C)(C)CCN1CCc2c(N)cccc21. The van der Waals surface area contributed by atoms with Crippen LogP contribution >= 0.6 is 0 Å². The molecule has 3 nitrogen and oxygen atoms in total. The quantitative estimate of drug-likeness (QED) is 0.813. The third-order valence-corrected chi connectivity index (χ3v) is 3.70. The molecule has 1 aliphatic heterocycles. The van der Waals surface area contributed by atoms with Crippen LogP contribution in [0.1, 0.15) is 25.8 Å². The summed E-state index contributed by atoms with van der Waals surface area (Å²) in [5, 5.41) is 0. The highest BCUT2D eigenvalue weighted by Crippen LogP contribution is 2.32. The van der Waals surface area contributed by atoms with Crippen LogP contribution in [0.2, 0.25) is 0 Å². The minimum atomic E-state index is -0.0525. The van der Waals surface area contributed by atoms with E-state index < -0.39 is 0 Å². The summed E-state index contributed by atoms with van der Waals surface area (Å²) in [7, 11) is 1.77. The van der Waals surface area contributed by atoms with Crippen molar-refractivity contribution in [2.24, 2.45) is 0 Å². The summed E-state index contributed by atoms with van der Waals surface area (Å²) < 4.78 is 5.46. The van der Waals surface area contributed by atoms with Gasteiger partial charge in [0.25, 0.3) is 0 Å². The lowest BCUT2D eigenvalue weighted by Gasteiger charge is -2.27. The van der Waals surface area contributed by atoms with Crippen molar-refractivity contribution in [1.29, 1.82) is 0 Å². The van der Waals surface area contributed by atoms with Gasteiger partial charge in [-0.1, -0.05) is 6.07 Å². The Kier molecular flexibility index (Phi) is 3.29. The topological polar surface area (TPSA) is 38.5 Å². The molecule has 1 aromatic carbocycles. The van der Waals surface area contributed by atoms with E-state index in [1.54, 1.807) is 7.11 Å². The predicted molar refractivity (Wildman–Crippen MR) is 72.5 cm³/mol. The van der Waals surface area contributed by atoms with Crippen LogP contribution in [0.15, 0.2) is 18.2 Å². The average molecular weight is 234 g/mol. The molecule has 0 fully saturated rings. The number of fused-ring (bicyclic) bond motifs is 1. The van der Waals surface area contributed by atoms with Gasteiger partial charge in [-0.25, -0.2) is 0 Å². The molecule has 0 atom stereocenters. The van der Waals surface area contributed by atoms with Gasteiger partial charge < -0.3 is 15.4 Å². The second kappa shape index (κ2) is 4.57. The van der Waals surface area contributed by atoms with Crippen LogP contribution < -0.4 is 10.6 Å². The van der Waals surface area contributed by atoms with Crippen LogP contribution in [0, 0.1) is 0 Å². The molecule has 17 heavy (non-hydrogen) atoms. The summed E-state index contributed by atoms with van der Waals surface area (Å²) in [6, 6.07) is 6.19. The molecule has 0 radical (unpaired) electrons. The van der Waals surface area contributed by atoms with Gasteiger partial charge in [0.05, 0.1) is 5.60 Å². The monoisotopic (exact) mass is 234 g/mol. The summed E-state index contributed by atoms with van der Waals surface area (Å²) >= 11 is 0. The maximum Gasteiger partial charge on any atom is 0.0639 e. The van der Waals surface area contributed by atoms with Crippen LogP contribution in [0.25, 0.3) is 0 Å². The van der Waals surface area contributed by atoms with Crippen LogP contribution in [0.5, 0.6) is 0 Å². The molecule has 0 aromatic heterocycles. The predicted octanol–water partition coefficient (Wildman–Crippen LogP) is 2.45. The number of nitrogens with zero attached hydrogens (tertiary/aromatic N) is 1. The zero-order valence-electron chi connectivity index (χ0n) is 11.0. The Hall–Kier alpha value is -1.22. The van der Waals surface area contributed by atoms with Crippen molar-refractivity contribution in [1.82, 2.24) is 0 Å². The van der Waals surface area contributed by atoms with E-state index in [1.807, 2.05) is 12.1 Å².